The van der Waals surface area contributed by atoms with Crippen LogP contribution in [0.25, 0.3) is 34.2 Å². The van der Waals surface area contributed by atoms with Crippen LogP contribution in [0.4, 0.5) is 17.5 Å². The molecule has 104 heavy (non-hydrogen) atoms. The Morgan fingerprint density at radius 1 is 0.442 bits per heavy atom. The zero-order valence-electron chi connectivity index (χ0n) is 57.5. The first-order valence-electron chi connectivity index (χ1n) is 34.3. The van der Waals surface area contributed by atoms with Crippen LogP contribution in [-0.4, -0.2) is 134 Å². The summed E-state index contributed by atoms with van der Waals surface area (Å²) in [7, 11) is 0. The number of hydrogen-bond acceptors (Lipinski definition) is 18. The molecule has 12 N–H and O–H groups in total. The van der Waals surface area contributed by atoms with Crippen molar-refractivity contribution in [2.24, 2.45) is 33.4 Å². The van der Waals surface area contributed by atoms with Gasteiger partial charge >= 0.3 is 0 Å². The fourth-order valence-corrected chi connectivity index (χ4v) is 15.5. The van der Waals surface area contributed by atoms with Crippen LogP contribution in [0.15, 0.2) is 171 Å². The number of carbonyl (C=O) groups excluding carboxylic acids is 6. The van der Waals surface area contributed by atoms with Gasteiger partial charge in [0.1, 0.15) is 85.7 Å². The van der Waals surface area contributed by atoms with Crippen molar-refractivity contribution >= 4 is 52.9 Å². The number of aromatic nitrogens is 9. The van der Waals surface area contributed by atoms with Crippen LogP contribution in [0, 0.1) is 28.1 Å². The van der Waals surface area contributed by atoms with E-state index in [9.17, 15) is 28.8 Å². The summed E-state index contributed by atoms with van der Waals surface area (Å²) in [5.74, 6) is 7.63. The molecule has 0 bridgehead atoms. The van der Waals surface area contributed by atoms with Crippen LogP contribution in [0.2, 0.25) is 0 Å². The molecule has 532 valence electrons. The zero-order chi connectivity index (χ0) is 73.0. The second kappa shape index (κ2) is 29.2. The van der Waals surface area contributed by atoms with Gasteiger partial charge < -0.3 is 63.3 Å². The maximum Gasteiger partial charge on any atom is 0.298 e. The van der Waals surface area contributed by atoms with E-state index in [1.165, 1.54) is 12.2 Å². The zero-order valence-corrected chi connectivity index (χ0v) is 57.5. The normalized spacial score (nSPS) is 21.1. The molecule has 6 fully saturated rings. The van der Waals surface area contributed by atoms with E-state index < -0.39 is 17.7 Å². The molecular weight excluding hydrogens is 1320 g/mol. The second-order valence-corrected chi connectivity index (χ2v) is 27.5. The van der Waals surface area contributed by atoms with Gasteiger partial charge in [-0.2, -0.15) is 15.3 Å². The van der Waals surface area contributed by atoms with E-state index in [0.29, 0.717) is 94.8 Å². The number of benzene rings is 3. The number of hydrogen-bond donors (Lipinski definition) is 6. The smallest absolute Gasteiger partial charge is 0.298 e. The number of carbonyl (C=O) groups is 6. The number of primary amides is 3. The summed E-state index contributed by atoms with van der Waals surface area (Å²) in [4.78, 5) is 91.9. The quantitative estimate of drug-likeness (QED) is 0.0365. The van der Waals surface area contributed by atoms with Crippen molar-refractivity contribution in [3.63, 3.8) is 0 Å². The minimum Gasteiger partial charge on any atom is -0.456 e. The highest BCUT2D eigenvalue weighted by molar-refractivity contribution is 6.04. The Hall–Kier alpha value is -12.6. The molecule has 9 aromatic rings. The summed E-state index contributed by atoms with van der Waals surface area (Å²) in [5, 5.41) is 14.0. The number of piperidine rings is 1. The summed E-state index contributed by atoms with van der Waals surface area (Å²) < 4.78 is 22.5. The van der Waals surface area contributed by atoms with Gasteiger partial charge in [-0.3, -0.25) is 43.7 Å². The molecule has 3 aliphatic heterocycles. The fraction of sp³-hybridized carbons (Fsp3) is 0.299. The number of anilines is 3. The lowest BCUT2D eigenvalue weighted by Crippen LogP contribution is -2.52. The monoisotopic (exact) mass is 1400 g/mol. The molecule has 3 saturated heterocycles. The standard InChI is InChI=1S/C26H28N6O3.C26H26N6O3.C25H26N6O3/c1-2-21(33)31-12-6-11-26(16-31)13-17(14-26)32-24(27)22(25(28)34)23(30-32)20-10-9-19(15-29-20)35-18-7-4-3-5-8-18;1-2-6-21(33)31-12-11-26(16-31)13-17(14-26)32-24(27)22(25(28)34)23(30-32)20-10-9-19(15-29-20)35-18-7-4-3-5-8-18;1-2-20(32)30-11-10-25(15-30)12-16(13-25)31-23(26)21(24(27)33)22(29-31)19-9-8-18(14-28-19)34-17-6-4-3-5-7-17/h2-5,7-10,15,17H,1,6,11-14,16,27H2,(H2,28,34);3-5,7-10,15,17H,11-14,16,27H2,1H3,(H2,28,34);2-9,14,16H,1,10-13,15,26H2,(H2,27,33). The van der Waals surface area contributed by atoms with Crippen molar-refractivity contribution in [2.75, 3.05) is 56.5 Å². The van der Waals surface area contributed by atoms with Crippen LogP contribution < -0.4 is 48.6 Å². The second-order valence-electron chi connectivity index (χ2n) is 27.5. The molecule has 3 aromatic carbocycles. The van der Waals surface area contributed by atoms with Crippen molar-refractivity contribution in [1.29, 1.82) is 0 Å². The maximum atomic E-state index is 12.3. The van der Waals surface area contributed by atoms with Gasteiger partial charge in [0.05, 0.1) is 53.8 Å². The highest BCUT2D eigenvalue weighted by Gasteiger charge is 2.53. The molecule has 27 heteroatoms. The average Bonchev–Trinajstić information content (AvgIpc) is 1.52. The van der Waals surface area contributed by atoms with E-state index in [-0.39, 0.29) is 86.2 Å². The molecule has 6 aliphatic rings. The van der Waals surface area contributed by atoms with Gasteiger partial charge in [-0.25, -0.2) is 14.0 Å². The molecule has 0 atom stereocenters. The van der Waals surface area contributed by atoms with Crippen LogP contribution in [-0.2, 0) is 14.4 Å². The molecule has 15 rings (SSSR count). The fourth-order valence-electron chi connectivity index (χ4n) is 15.5. The molecule has 9 heterocycles. The van der Waals surface area contributed by atoms with Gasteiger partial charge in [0.15, 0.2) is 0 Å². The number of likely N-dealkylation sites (tertiary alicyclic amines) is 3. The van der Waals surface area contributed by atoms with E-state index in [4.69, 9.17) is 48.6 Å². The Morgan fingerprint density at radius 2 is 0.760 bits per heavy atom. The van der Waals surface area contributed by atoms with Gasteiger partial charge in [-0.05, 0) is 178 Å². The lowest BCUT2D eigenvalue weighted by Gasteiger charge is -2.52. The largest absolute Gasteiger partial charge is 0.456 e. The summed E-state index contributed by atoms with van der Waals surface area (Å²) in [5.41, 5.74) is 39.2. The summed E-state index contributed by atoms with van der Waals surface area (Å²) in [6.07, 6.45) is 16.3. The minimum absolute atomic E-state index is 0.0230. The maximum absolute atomic E-state index is 12.3. The Kier molecular flexibility index (Phi) is 19.6. The Balaban J connectivity index is 0.000000139. The molecule has 3 spiro atoms. The SMILES string of the molecule is C=CC(=O)N1CCC2(CC(n3nc(-c4ccc(Oc5ccccc5)cn4)c(C(N)=O)c3N)C2)C1.C=CC(=O)N1CCCC2(CC(n3nc(-c4ccc(Oc5ccccc5)cn4)c(C(N)=O)c3N)C2)C1.CC#CC(=O)N1CCC2(CC(n3nc(-c4ccc(Oc5ccccc5)cn4)c(C(N)=O)c3N)C2)C1. The number of rotatable bonds is 17. The lowest BCUT2D eigenvalue weighted by molar-refractivity contribution is -0.132. The number of pyridine rings is 3. The molecule has 0 radical (unpaired) electrons. The third-order valence-corrected chi connectivity index (χ3v) is 20.5. The molecule has 3 saturated carbocycles. The Morgan fingerprint density at radius 3 is 1.07 bits per heavy atom. The van der Waals surface area contributed by atoms with Gasteiger partial charge in [-0.1, -0.05) is 73.7 Å². The summed E-state index contributed by atoms with van der Waals surface area (Å²) >= 11 is 0. The van der Waals surface area contributed by atoms with Crippen LogP contribution in [0.5, 0.6) is 34.5 Å². The highest BCUT2D eigenvalue weighted by atomic mass is 16.5. The van der Waals surface area contributed by atoms with Crippen molar-refractivity contribution in [3.8, 4) is 80.5 Å². The Bertz CT molecular complexity index is 4800. The molecular formula is C77H80N18O9. The van der Waals surface area contributed by atoms with Gasteiger partial charge in [0.2, 0.25) is 11.8 Å². The number of ether oxygens (including phenoxy) is 3. The molecule has 0 unspecified atom stereocenters. The van der Waals surface area contributed by atoms with Crippen LogP contribution in [0.3, 0.4) is 0 Å². The molecule has 3 aliphatic carbocycles. The first kappa shape index (κ1) is 69.9. The van der Waals surface area contributed by atoms with E-state index in [2.05, 4.69) is 55.2 Å². The first-order valence-corrected chi connectivity index (χ1v) is 34.3. The van der Waals surface area contributed by atoms with E-state index >= 15 is 0 Å². The van der Waals surface area contributed by atoms with Crippen molar-refractivity contribution in [1.82, 2.24) is 59.0 Å². The van der Waals surface area contributed by atoms with E-state index in [1.807, 2.05) is 106 Å². The number of para-hydroxylation sites is 3. The van der Waals surface area contributed by atoms with Crippen LogP contribution in [0.1, 0.15) is 120 Å². The summed E-state index contributed by atoms with van der Waals surface area (Å²) in [6, 6.07) is 38.7. The van der Waals surface area contributed by atoms with Crippen molar-refractivity contribution < 1.29 is 43.0 Å². The number of amides is 6. The molecule has 6 aromatic heterocycles. The highest BCUT2D eigenvalue weighted by Crippen LogP contribution is 2.57. The van der Waals surface area contributed by atoms with Crippen molar-refractivity contribution in [2.45, 2.75) is 89.3 Å². The number of nitrogens with zero attached hydrogens (tertiary/aromatic N) is 12. The number of nitrogens with two attached hydrogens (primary N) is 6. The number of nitrogen functional groups attached to an aromatic ring is 3. The third-order valence-electron chi connectivity index (χ3n) is 20.5. The van der Waals surface area contributed by atoms with Gasteiger partial charge in [0.25, 0.3) is 23.6 Å². The van der Waals surface area contributed by atoms with E-state index in [0.717, 1.165) is 77.3 Å². The van der Waals surface area contributed by atoms with Gasteiger partial charge in [-0.15, -0.1) is 0 Å². The van der Waals surface area contributed by atoms with Crippen molar-refractivity contribution in [3.05, 3.63) is 188 Å². The molecule has 27 nitrogen and oxygen atoms in total. The topological polar surface area (TPSA) is 388 Å². The van der Waals surface area contributed by atoms with E-state index in [1.54, 1.807) is 76.0 Å². The predicted molar refractivity (Wildman–Crippen MR) is 389 cm³/mol. The lowest BCUT2D eigenvalue weighted by atomic mass is 9.61. The minimum atomic E-state index is -0.653. The first-order chi connectivity index (χ1) is 50.2. The molecule has 6 amide bonds. The predicted octanol–water partition coefficient (Wildman–Crippen LogP) is 9.70. The van der Waals surface area contributed by atoms with Gasteiger partial charge in [0, 0.05) is 39.3 Å². The third kappa shape index (κ3) is 14.4. The summed E-state index contributed by atoms with van der Waals surface area (Å²) in [6.45, 7) is 13.1. The van der Waals surface area contributed by atoms with Crippen LogP contribution >= 0.6 is 0 Å². The Labute approximate surface area is 599 Å². The average molecular weight is 1400 g/mol.